The van der Waals surface area contributed by atoms with Crippen molar-refractivity contribution in [2.75, 3.05) is 40.8 Å². The van der Waals surface area contributed by atoms with Crippen LogP contribution in [-0.2, 0) is 16.6 Å². The number of nitrogens with zero attached hydrogens (tertiary/aromatic N) is 3. The number of rotatable bonds is 10. The van der Waals surface area contributed by atoms with Gasteiger partial charge in [-0.1, -0.05) is 0 Å². The fraction of sp³-hybridized carbons (Fsp3) is 0.750. The third kappa shape index (κ3) is 6.00. The predicted octanol–water partition coefficient (Wildman–Crippen LogP) is -0.277. The molecule has 7 nitrogen and oxygen atoms in total. The average molecular weight is 303 g/mol. The van der Waals surface area contributed by atoms with Crippen LogP contribution in [0.4, 0.5) is 0 Å². The van der Waals surface area contributed by atoms with Crippen LogP contribution in [0.3, 0.4) is 0 Å². The average Bonchev–Trinajstić information content (AvgIpc) is 2.85. The molecule has 0 aromatic carbocycles. The summed E-state index contributed by atoms with van der Waals surface area (Å²) in [6, 6.07) is 0. The number of nitrogens with one attached hydrogen (secondary N) is 2. The molecule has 0 spiro atoms. The largest absolute Gasteiger partial charge is 0.318 e. The van der Waals surface area contributed by atoms with E-state index in [9.17, 15) is 8.42 Å². The number of likely N-dealkylation sites (N-methyl/N-ethyl adjacent to an activating group) is 1. The van der Waals surface area contributed by atoms with Crippen LogP contribution < -0.4 is 10.0 Å². The summed E-state index contributed by atoms with van der Waals surface area (Å²) in [6.07, 6.45) is 4.74. The minimum Gasteiger partial charge on any atom is -0.318 e. The second kappa shape index (κ2) is 8.35. The molecule has 0 saturated carbocycles. The first-order valence-electron chi connectivity index (χ1n) is 6.77. The Kier molecular flexibility index (Phi) is 7.14. The maximum Gasteiger partial charge on any atom is 0.243 e. The molecule has 2 N–H and O–H groups in total. The summed E-state index contributed by atoms with van der Waals surface area (Å²) in [7, 11) is 2.42. The van der Waals surface area contributed by atoms with Crippen molar-refractivity contribution in [3.8, 4) is 0 Å². The van der Waals surface area contributed by atoms with Crippen LogP contribution >= 0.6 is 0 Å². The molecule has 1 aromatic heterocycles. The van der Waals surface area contributed by atoms with E-state index in [-0.39, 0.29) is 4.90 Å². The number of unbranched alkanes of at least 4 members (excludes halogenated alkanes) is 1. The molecule has 0 amide bonds. The van der Waals surface area contributed by atoms with Crippen LogP contribution in [0.15, 0.2) is 17.3 Å². The first-order valence-corrected chi connectivity index (χ1v) is 8.25. The molecule has 0 saturated heterocycles. The van der Waals surface area contributed by atoms with E-state index in [1.807, 2.05) is 21.1 Å². The lowest BCUT2D eigenvalue weighted by Gasteiger charge is -2.09. The van der Waals surface area contributed by atoms with Crippen molar-refractivity contribution in [2.45, 2.75) is 24.3 Å². The smallest absolute Gasteiger partial charge is 0.243 e. The fourth-order valence-corrected chi connectivity index (χ4v) is 2.70. The van der Waals surface area contributed by atoms with Gasteiger partial charge in [-0.25, -0.2) is 13.1 Å². The van der Waals surface area contributed by atoms with Crippen LogP contribution in [0.5, 0.6) is 0 Å². The topological polar surface area (TPSA) is 79.3 Å². The molecule has 1 heterocycles. The molecule has 0 aliphatic carbocycles. The summed E-state index contributed by atoms with van der Waals surface area (Å²) >= 11 is 0. The Morgan fingerprint density at radius 2 is 2.05 bits per heavy atom. The monoisotopic (exact) mass is 303 g/mol. The molecule has 1 aromatic rings. The standard InChI is InChI=1S/C12H25N5O2S/c1-13-7-9-17-11-12(10-14-17)20(18,19)15-6-4-5-8-16(2)3/h10-11,13,15H,4-9H2,1-3H3. The molecular formula is C12H25N5O2S. The van der Waals surface area contributed by atoms with Gasteiger partial charge in [0.15, 0.2) is 0 Å². The molecule has 0 fully saturated rings. The first kappa shape index (κ1) is 17.1. The Labute approximate surface area is 121 Å². The minimum absolute atomic E-state index is 0.223. The molecule has 0 aliphatic heterocycles. The van der Waals surface area contributed by atoms with Gasteiger partial charge in [0.25, 0.3) is 0 Å². The van der Waals surface area contributed by atoms with E-state index in [2.05, 4.69) is 20.0 Å². The third-order valence-corrected chi connectivity index (χ3v) is 4.25. The molecule has 0 unspecified atom stereocenters. The van der Waals surface area contributed by atoms with Crippen LogP contribution in [0.25, 0.3) is 0 Å². The van der Waals surface area contributed by atoms with E-state index in [0.717, 1.165) is 25.9 Å². The molecule has 0 aliphatic rings. The molecule has 20 heavy (non-hydrogen) atoms. The van der Waals surface area contributed by atoms with Crippen molar-refractivity contribution in [3.05, 3.63) is 12.4 Å². The van der Waals surface area contributed by atoms with Gasteiger partial charge in [-0.3, -0.25) is 4.68 Å². The Morgan fingerprint density at radius 3 is 2.70 bits per heavy atom. The van der Waals surface area contributed by atoms with Gasteiger partial charge in [0.05, 0.1) is 12.7 Å². The highest BCUT2D eigenvalue weighted by Crippen LogP contribution is 2.06. The van der Waals surface area contributed by atoms with E-state index in [1.165, 1.54) is 6.20 Å². The Balaban J connectivity index is 2.41. The number of hydrogen-bond donors (Lipinski definition) is 2. The van der Waals surface area contributed by atoms with Crippen molar-refractivity contribution >= 4 is 10.0 Å². The number of hydrogen-bond acceptors (Lipinski definition) is 5. The van der Waals surface area contributed by atoms with Gasteiger partial charge >= 0.3 is 0 Å². The zero-order valence-corrected chi connectivity index (χ0v) is 13.3. The van der Waals surface area contributed by atoms with Crippen LogP contribution in [0.2, 0.25) is 0 Å². The van der Waals surface area contributed by atoms with Crippen LogP contribution in [0.1, 0.15) is 12.8 Å². The van der Waals surface area contributed by atoms with Gasteiger partial charge < -0.3 is 10.2 Å². The van der Waals surface area contributed by atoms with Gasteiger partial charge in [0.1, 0.15) is 4.90 Å². The van der Waals surface area contributed by atoms with Crippen molar-refractivity contribution in [1.82, 2.24) is 24.7 Å². The SMILES string of the molecule is CNCCn1cc(S(=O)(=O)NCCCCN(C)C)cn1. The third-order valence-electron chi connectivity index (χ3n) is 2.83. The highest BCUT2D eigenvalue weighted by atomic mass is 32.2. The van der Waals surface area contributed by atoms with Crippen LogP contribution in [0, 0.1) is 0 Å². The molecule has 1 rings (SSSR count). The summed E-state index contributed by atoms with van der Waals surface area (Å²) in [5, 5.41) is 7.03. The predicted molar refractivity (Wildman–Crippen MR) is 79.1 cm³/mol. The van der Waals surface area contributed by atoms with Gasteiger partial charge in [-0.2, -0.15) is 5.10 Å². The molecule has 116 valence electrons. The highest BCUT2D eigenvalue weighted by Gasteiger charge is 2.15. The fourth-order valence-electron chi connectivity index (χ4n) is 1.67. The van der Waals surface area contributed by atoms with Gasteiger partial charge in [-0.15, -0.1) is 0 Å². The van der Waals surface area contributed by atoms with E-state index < -0.39 is 10.0 Å². The lowest BCUT2D eigenvalue weighted by atomic mass is 10.3. The lowest BCUT2D eigenvalue weighted by molar-refractivity contribution is 0.394. The number of sulfonamides is 1. The summed E-state index contributed by atoms with van der Waals surface area (Å²) in [5.41, 5.74) is 0. The second-order valence-electron chi connectivity index (χ2n) is 4.95. The molecule has 8 heteroatoms. The minimum atomic E-state index is -3.43. The molecule has 0 atom stereocenters. The second-order valence-corrected chi connectivity index (χ2v) is 6.72. The van der Waals surface area contributed by atoms with Crippen molar-refractivity contribution < 1.29 is 8.42 Å². The Morgan fingerprint density at radius 1 is 1.30 bits per heavy atom. The highest BCUT2D eigenvalue weighted by molar-refractivity contribution is 7.89. The zero-order valence-electron chi connectivity index (χ0n) is 12.5. The van der Waals surface area contributed by atoms with Gasteiger partial charge in [-0.05, 0) is 40.5 Å². The molecule has 0 bridgehead atoms. The van der Waals surface area contributed by atoms with E-state index >= 15 is 0 Å². The first-order chi connectivity index (χ1) is 9.45. The van der Waals surface area contributed by atoms with Gasteiger partial charge in [0, 0.05) is 19.3 Å². The molecular weight excluding hydrogens is 278 g/mol. The van der Waals surface area contributed by atoms with Crippen molar-refractivity contribution in [3.63, 3.8) is 0 Å². The summed E-state index contributed by atoms with van der Waals surface area (Å²) in [5.74, 6) is 0. The quantitative estimate of drug-likeness (QED) is 0.581. The summed E-state index contributed by atoms with van der Waals surface area (Å²) in [6.45, 7) is 2.82. The normalized spacial score (nSPS) is 12.2. The zero-order chi connectivity index (χ0) is 15.0. The molecule has 0 radical (unpaired) electrons. The van der Waals surface area contributed by atoms with E-state index in [4.69, 9.17) is 0 Å². The van der Waals surface area contributed by atoms with E-state index in [1.54, 1.807) is 10.9 Å². The number of aromatic nitrogens is 2. The maximum absolute atomic E-state index is 12.0. The summed E-state index contributed by atoms with van der Waals surface area (Å²) in [4.78, 5) is 2.31. The summed E-state index contributed by atoms with van der Waals surface area (Å²) < 4.78 is 28.3. The Hall–Kier alpha value is -0.960. The van der Waals surface area contributed by atoms with E-state index in [0.29, 0.717) is 13.1 Å². The maximum atomic E-state index is 12.0. The Bertz CT molecular complexity index is 484. The van der Waals surface area contributed by atoms with Crippen molar-refractivity contribution in [2.24, 2.45) is 0 Å². The van der Waals surface area contributed by atoms with Gasteiger partial charge in [0.2, 0.25) is 10.0 Å². The van der Waals surface area contributed by atoms with Crippen molar-refractivity contribution in [1.29, 1.82) is 0 Å². The lowest BCUT2D eigenvalue weighted by Crippen LogP contribution is -2.25. The van der Waals surface area contributed by atoms with Crippen LogP contribution in [-0.4, -0.2) is 63.9 Å².